The fourth-order valence-corrected chi connectivity index (χ4v) is 2.34. The van der Waals surface area contributed by atoms with Crippen LogP contribution in [0, 0.1) is 5.92 Å². The molecule has 0 unspecified atom stereocenters. The maximum Gasteiger partial charge on any atom is 0.416 e. The summed E-state index contributed by atoms with van der Waals surface area (Å²) in [6.07, 6.45) is -2.91. The Balaban J connectivity index is 2.19. The lowest BCUT2D eigenvalue weighted by Gasteiger charge is -2.15. The fourth-order valence-electron chi connectivity index (χ4n) is 2.34. The molecule has 140 valence electrons. The van der Waals surface area contributed by atoms with Gasteiger partial charge < -0.3 is 10.4 Å². The molecule has 0 aliphatic heterocycles. The highest BCUT2D eigenvalue weighted by molar-refractivity contribution is 5.94. The zero-order chi connectivity index (χ0) is 19.5. The Kier molecular flexibility index (Phi) is 5.69. The van der Waals surface area contributed by atoms with E-state index in [1.807, 2.05) is 13.8 Å². The summed E-state index contributed by atoms with van der Waals surface area (Å²) in [6.45, 7) is 3.65. The van der Waals surface area contributed by atoms with Crippen LogP contribution in [0.3, 0.4) is 0 Å². The molecule has 0 aliphatic rings. The number of alkyl halides is 3. The minimum atomic E-state index is -4.49. The topological polar surface area (TPSA) is 84.2 Å². The van der Waals surface area contributed by atoms with Crippen molar-refractivity contribution in [3.8, 4) is 5.69 Å². The first-order valence-electron chi connectivity index (χ1n) is 7.85. The van der Waals surface area contributed by atoms with Gasteiger partial charge in [0.05, 0.1) is 11.3 Å². The molecule has 0 fully saturated rings. The summed E-state index contributed by atoms with van der Waals surface area (Å²) < 4.78 is 39.5. The van der Waals surface area contributed by atoms with Gasteiger partial charge >= 0.3 is 12.1 Å². The van der Waals surface area contributed by atoms with Crippen molar-refractivity contribution in [3.63, 3.8) is 0 Å². The summed E-state index contributed by atoms with van der Waals surface area (Å²) in [5.41, 5.74) is -0.785. The Hall–Kier alpha value is -2.84. The van der Waals surface area contributed by atoms with Gasteiger partial charge in [-0.15, -0.1) is 0 Å². The number of carboxylic acid groups (broad SMARTS) is 1. The highest BCUT2D eigenvalue weighted by atomic mass is 19.4. The van der Waals surface area contributed by atoms with Crippen molar-refractivity contribution in [3.05, 3.63) is 47.8 Å². The number of hydrogen-bond acceptors (Lipinski definition) is 3. The third kappa shape index (κ3) is 4.84. The second-order valence-electron chi connectivity index (χ2n) is 6.19. The maximum absolute atomic E-state index is 12.8. The van der Waals surface area contributed by atoms with Crippen LogP contribution in [-0.2, 0) is 11.0 Å². The van der Waals surface area contributed by atoms with Gasteiger partial charge in [-0.25, -0.2) is 9.48 Å². The molecule has 0 spiro atoms. The predicted octanol–water partition coefficient (Wildman–Crippen LogP) is 3.12. The van der Waals surface area contributed by atoms with Crippen LogP contribution in [-0.4, -0.2) is 32.8 Å². The van der Waals surface area contributed by atoms with E-state index in [9.17, 15) is 22.8 Å². The second kappa shape index (κ2) is 7.59. The van der Waals surface area contributed by atoms with Crippen molar-refractivity contribution in [1.82, 2.24) is 15.1 Å². The standard InChI is InChI=1S/C17H18F3N3O3/c1-10(2)8-14(16(25)26)21-15(24)13-6-7-23(22-13)12-5-3-4-11(9-12)17(18,19)20/h3-7,9-10,14H,8H2,1-2H3,(H,21,24)(H,25,26)/t14-/m1/s1. The summed E-state index contributed by atoms with van der Waals surface area (Å²) in [7, 11) is 0. The molecule has 2 rings (SSSR count). The maximum atomic E-state index is 12.8. The van der Waals surface area contributed by atoms with Gasteiger partial charge in [0.25, 0.3) is 5.91 Å². The molecule has 0 bridgehead atoms. The van der Waals surface area contributed by atoms with E-state index in [0.29, 0.717) is 0 Å². The molecule has 2 aromatic rings. The number of nitrogens with zero attached hydrogens (tertiary/aromatic N) is 2. The zero-order valence-corrected chi connectivity index (χ0v) is 14.1. The lowest BCUT2D eigenvalue weighted by atomic mass is 10.0. The van der Waals surface area contributed by atoms with E-state index in [1.54, 1.807) is 0 Å². The first-order valence-corrected chi connectivity index (χ1v) is 7.85. The number of amides is 1. The molecular formula is C17H18F3N3O3. The first kappa shape index (κ1) is 19.5. The van der Waals surface area contributed by atoms with E-state index in [0.717, 1.165) is 16.8 Å². The van der Waals surface area contributed by atoms with Gasteiger partial charge in [-0.05, 0) is 36.6 Å². The summed E-state index contributed by atoms with van der Waals surface area (Å²) in [5, 5.41) is 15.5. The molecule has 2 N–H and O–H groups in total. The van der Waals surface area contributed by atoms with Crippen LogP contribution in [0.4, 0.5) is 13.2 Å². The smallest absolute Gasteiger partial charge is 0.416 e. The number of nitrogens with one attached hydrogen (secondary N) is 1. The van der Waals surface area contributed by atoms with Gasteiger partial charge in [0.2, 0.25) is 0 Å². The molecule has 0 radical (unpaired) electrons. The molecule has 6 nitrogen and oxygen atoms in total. The normalized spacial score (nSPS) is 12.8. The average molecular weight is 369 g/mol. The number of benzene rings is 1. The van der Waals surface area contributed by atoms with E-state index in [4.69, 9.17) is 5.11 Å². The van der Waals surface area contributed by atoms with Crippen molar-refractivity contribution in [2.75, 3.05) is 0 Å². The number of aromatic nitrogens is 2. The third-order valence-corrected chi connectivity index (χ3v) is 3.57. The van der Waals surface area contributed by atoms with Crippen LogP contribution in [0.2, 0.25) is 0 Å². The van der Waals surface area contributed by atoms with Crippen LogP contribution in [0.1, 0.15) is 36.3 Å². The van der Waals surface area contributed by atoms with Crippen molar-refractivity contribution in [1.29, 1.82) is 0 Å². The number of halogens is 3. The molecule has 1 atom stereocenters. The molecule has 0 saturated heterocycles. The van der Waals surface area contributed by atoms with Crippen LogP contribution >= 0.6 is 0 Å². The van der Waals surface area contributed by atoms with Crippen molar-refractivity contribution >= 4 is 11.9 Å². The van der Waals surface area contributed by atoms with E-state index in [2.05, 4.69) is 10.4 Å². The molecule has 0 aliphatic carbocycles. The summed E-state index contributed by atoms with van der Waals surface area (Å²) in [6, 6.07) is 4.74. The minimum absolute atomic E-state index is 0.0547. The van der Waals surface area contributed by atoms with Crippen molar-refractivity contribution in [2.24, 2.45) is 5.92 Å². The Morgan fingerprint density at radius 3 is 2.54 bits per heavy atom. The number of carbonyl (C=O) groups excluding carboxylic acids is 1. The molecule has 1 heterocycles. The Labute approximate surface area is 147 Å². The number of carboxylic acids is 1. The third-order valence-electron chi connectivity index (χ3n) is 3.57. The quantitative estimate of drug-likeness (QED) is 0.819. The van der Waals surface area contributed by atoms with Crippen LogP contribution in [0.25, 0.3) is 5.69 Å². The van der Waals surface area contributed by atoms with Gasteiger partial charge in [-0.2, -0.15) is 18.3 Å². The summed E-state index contributed by atoms with van der Waals surface area (Å²) in [5.74, 6) is -1.81. The molecule has 0 saturated carbocycles. The highest BCUT2D eigenvalue weighted by Gasteiger charge is 2.30. The Bertz CT molecular complexity index is 800. The molecule has 26 heavy (non-hydrogen) atoms. The second-order valence-corrected chi connectivity index (χ2v) is 6.19. The van der Waals surface area contributed by atoms with Crippen LogP contribution in [0.5, 0.6) is 0 Å². The van der Waals surface area contributed by atoms with E-state index >= 15 is 0 Å². The number of hydrogen-bond donors (Lipinski definition) is 2. The monoisotopic (exact) mass is 369 g/mol. The molecule has 9 heteroatoms. The Morgan fingerprint density at radius 1 is 1.27 bits per heavy atom. The van der Waals surface area contributed by atoms with Gasteiger partial charge in [-0.1, -0.05) is 19.9 Å². The van der Waals surface area contributed by atoms with Gasteiger partial charge in [0.1, 0.15) is 6.04 Å². The SMILES string of the molecule is CC(C)C[C@@H](NC(=O)c1ccn(-c2cccc(C(F)(F)F)c2)n1)C(=O)O. The van der Waals surface area contributed by atoms with Gasteiger partial charge in [-0.3, -0.25) is 4.79 Å². The minimum Gasteiger partial charge on any atom is -0.480 e. The van der Waals surface area contributed by atoms with Crippen LogP contribution < -0.4 is 5.32 Å². The number of aliphatic carboxylic acids is 1. The molecule has 1 aromatic heterocycles. The van der Waals surface area contributed by atoms with Gasteiger partial charge in [0.15, 0.2) is 5.69 Å². The lowest BCUT2D eigenvalue weighted by Crippen LogP contribution is -2.41. The van der Waals surface area contributed by atoms with Crippen molar-refractivity contribution < 1.29 is 27.9 Å². The van der Waals surface area contributed by atoms with Crippen LogP contribution in [0.15, 0.2) is 36.5 Å². The largest absolute Gasteiger partial charge is 0.480 e. The molecule has 1 amide bonds. The number of rotatable bonds is 6. The zero-order valence-electron chi connectivity index (χ0n) is 14.1. The predicted molar refractivity (Wildman–Crippen MR) is 86.9 cm³/mol. The van der Waals surface area contributed by atoms with E-state index in [-0.39, 0.29) is 23.7 Å². The van der Waals surface area contributed by atoms with E-state index in [1.165, 1.54) is 24.4 Å². The summed E-state index contributed by atoms with van der Waals surface area (Å²) >= 11 is 0. The first-order chi connectivity index (χ1) is 12.1. The average Bonchev–Trinajstić information content (AvgIpc) is 3.03. The molecular weight excluding hydrogens is 351 g/mol. The number of carbonyl (C=O) groups is 2. The molecule has 1 aromatic carbocycles. The van der Waals surface area contributed by atoms with E-state index < -0.39 is 29.7 Å². The highest BCUT2D eigenvalue weighted by Crippen LogP contribution is 2.30. The van der Waals surface area contributed by atoms with Gasteiger partial charge in [0, 0.05) is 6.20 Å². The lowest BCUT2D eigenvalue weighted by molar-refractivity contribution is -0.140. The van der Waals surface area contributed by atoms with Crippen molar-refractivity contribution in [2.45, 2.75) is 32.5 Å². The fraction of sp³-hybridized carbons (Fsp3) is 0.353. The summed E-state index contributed by atoms with van der Waals surface area (Å²) in [4.78, 5) is 23.4. The Morgan fingerprint density at radius 2 is 1.96 bits per heavy atom.